The van der Waals surface area contributed by atoms with Crippen LogP contribution in [0.25, 0.3) is 0 Å². The van der Waals surface area contributed by atoms with Gasteiger partial charge in [-0.2, -0.15) is 0 Å². The monoisotopic (exact) mass is 268 g/mol. The molecule has 2 aromatic carbocycles. The number of benzene rings is 2. The molecule has 0 saturated carbocycles. The summed E-state index contributed by atoms with van der Waals surface area (Å²) in [6, 6.07) is 24.0. The van der Waals surface area contributed by atoms with Crippen molar-refractivity contribution in [3.63, 3.8) is 0 Å². The molecule has 0 nitrogen and oxygen atoms in total. The lowest BCUT2D eigenvalue weighted by Gasteiger charge is -1.69. The summed E-state index contributed by atoms with van der Waals surface area (Å²) in [5.41, 5.74) is 0. The minimum atomic E-state index is 2.00. The van der Waals surface area contributed by atoms with Gasteiger partial charge in [0, 0.05) is 0 Å². The summed E-state index contributed by atoms with van der Waals surface area (Å²) in [6.07, 6.45) is 0. The number of hydrogen-bond acceptors (Lipinski definition) is 0. The SMILES string of the molecule is CC.C[B]C.C[B]C.c1ccccc1.c1ccccc1. The summed E-state index contributed by atoms with van der Waals surface area (Å²) in [6.45, 7) is 12.0. The van der Waals surface area contributed by atoms with Crippen LogP contribution in [0.1, 0.15) is 13.8 Å². The summed E-state index contributed by atoms with van der Waals surface area (Å²) in [5, 5.41) is 0. The van der Waals surface area contributed by atoms with Crippen molar-refractivity contribution < 1.29 is 0 Å². The summed E-state index contributed by atoms with van der Waals surface area (Å²) in [4.78, 5) is 0. The average molecular weight is 268 g/mol. The van der Waals surface area contributed by atoms with E-state index in [0.29, 0.717) is 0 Å². The van der Waals surface area contributed by atoms with Gasteiger partial charge in [0.25, 0.3) is 0 Å². The molecule has 2 heteroatoms. The van der Waals surface area contributed by atoms with E-state index in [1.165, 1.54) is 0 Å². The lowest BCUT2D eigenvalue weighted by Crippen LogP contribution is -1.53. The van der Waals surface area contributed by atoms with E-state index < -0.39 is 0 Å². The first-order valence-electron chi connectivity index (χ1n) is 7.31. The van der Waals surface area contributed by atoms with Gasteiger partial charge in [0.2, 0.25) is 0 Å². The van der Waals surface area contributed by atoms with Crippen LogP contribution in [-0.2, 0) is 0 Å². The Morgan fingerprint density at radius 3 is 0.450 bits per heavy atom. The van der Waals surface area contributed by atoms with Gasteiger partial charge in [-0.15, -0.1) is 0 Å². The van der Waals surface area contributed by atoms with Gasteiger partial charge >= 0.3 is 0 Å². The smallest absolute Gasteiger partial charge is 0.0922 e. The van der Waals surface area contributed by atoms with Gasteiger partial charge in [0.05, 0.1) is 0 Å². The van der Waals surface area contributed by atoms with Gasteiger partial charge in [-0.25, -0.2) is 0 Å². The molecular formula is C18H30B2. The molecule has 0 aliphatic carbocycles. The third kappa shape index (κ3) is 36.0. The Morgan fingerprint density at radius 1 is 0.350 bits per heavy atom. The van der Waals surface area contributed by atoms with Crippen molar-refractivity contribution in [2.24, 2.45) is 0 Å². The van der Waals surface area contributed by atoms with E-state index >= 15 is 0 Å². The molecule has 0 amide bonds. The highest BCUT2D eigenvalue weighted by atomic mass is 13.7. The summed E-state index contributed by atoms with van der Waals surface area (Å²) in [7, 11) is 4.00. The maximum absolute atomic E-state index is 2.00. The minimum Gasteiger partial charge on any atom is -0.0922 e. The summed E-state index contributed by atoms with van der Waals surface area (Å²) < 4.78 is 0. The van der Waals surface area contributed by atoms with E-state index in [2.05, 4.69) is 0 Å². The molecule has 0 aromatic heterocycles. The van der Waals surface area contributed by atoms with Crippen LogP contribution in [0.15, 0.2) is 72.8 Å². The highest BCUT2D eigenvalue weighted by molar-refractivity contribution is 6.31. The molecule has 2 radical (unpaired) electrons. The molecule has 20 heavy (non-hydrogen) atoms. The van der Waals surface area contributed by atoms with Crippen LogP contribution >= 0.6 is 0 Å². The third-order valence-electron chi connectivity index (χ3n) is 1.33. The van der Waals surface area contributed by atoms with Crippen molar-refractivity contribution in [1.82, 2.24) is 0 Å². The van der Waals surface area contributed by atoms with Crippen molar-refractivity contribution in [3.8, 4) is 0 Å². The van der Waals surface area contributed by atoms with Crippen LogP contribution in [0.2, 0.25) is 27.3 Å². The van der Waals surface area contributed by atoms with Crippen molar-refractivity contribution >= 4 is 14.6 Å². The second-order valence-electron chi connectivity index (χ2n) is 3.46. The molecule has 0 aliphatic rings. The van der Waals surface area contributed by atoms with Crippen LogP contribution in [0.5, 0.6) is 0 Å². The second-order valence-corrected chi connectivity index (χ2v) is 3.46. The first-order chi connectivity index (χ1) is 9.83. The van der Waals surface area contributed by atoms with Gasteiger partial charge in [-0.05, 0) is 0 Å². The fraction of sp³-hybridized carbons (Fsp3) is 0.333. The van der Waals surface area contributed by atoms with Gasteiger partial charge in [0.1, 0.15) is 14.6 Å². The van der Waals surface area contributed by atoms with Crippen molar-refractivity contribution in [2.75, 3.05) is 0 Å². The molecule has 0 spiro atoms. The molecule has 0 fully saturated rings. The Bertz CT molecular complexity index is 209. The first kappa shape index (κ1) is 23.6. The Morgan fingerprint density at radius 2 is 0.400 bits per heavy atom. The van der Waals surface area contributed by atoms with Gasteiger partial charge in [-0.3, -0.25) is 0 Å². The maximum atomic E-state index is 2.00. The van der Waals surface area contributed by atoms with Crippen LogP contribution in [-0.4, -0.2) is 14.6 Å². The Balaban J connectivity index is -0.000000195. The Hall–Kier alpha value is -1.43. The van der Waals surface area contributed by atoms with Gasteiger partial charge < -0.3 is 0 Å². The highest BCUT2D eigenvalue weighted by Gasteiger charge is 1.58. The molecule has 0 saturated heterocycles. The average Bonchev–Trinajstić information content (AvgIpc) is 2.55. The predicted molar refractivity (Wildman–Crippen MR) is 99.2 cm³/mol. The standard InChI is InChI=1S/2C6H6.2C2H6B.C2H6/c2*1-2-4-6-5-3-1;2*1-3-2;1-2/h2*1-6H;2*1-2H3;1-2H3. The second kappa shape index (κ2) is 30.5. The fourth-order valence-corrected chi connectivity index (χ4v) is 0.770. The third-order valence-corrected chi connectivity index (χ3v) is 1.33. The zero-order valence-corrected chi connectivity index (χ0v) is 14.1. The van der Waals surface area contributed by atoms with E-state index in [0.717, 1.165) is 0 Å². The topological polar surface area (TPSA) is 0 Å². The summed E-state index contributed by atoms with van der Waals surface area (Å²) >= 11 is 0. The normalized spacial score (nSPS) is 6.50. The molecule has 0 N–H and O–H groups in total. The zero-order valence-electron chi connectivity index (χ0n) is 14.1. The van der Waals surface area contributed by atoms with Crippen LogP contribution in [0.3, 0.4) is 0 Å². The zero-order chi connectivity index (χ0) is 15.9. The molecular weight excluding hydrogens is 238 g/mol. The van der Waals surface area contributed by atoms with E-state index in [9.17, 15) is 0 Å². The minimum absolute atomic E-state index is 2.00. The molecule has 0 aliphatic heterocycles. The lowest BCUT2D eigenvalue weighted by atomic mass is 9.88. The molecule has 2 aromatic rings. The van der Waals surface area contributed by atoms with Crippen molar-refractivity contribution in [2.45, 2.75) is 41.1 Å². The molecule has 108 valence electrons. The van der Waals surface area contributed by atoms with Crippen molar-refractivity contribution in [3.05, 3.63) is 72.8 Å². The maximum Gasteiger partial charge on any atom is 0.102 e. The summed E-state index contributed by atoms with van der Waals surface area (Å²) in [5.74, 6) is 0. The quantitative estimate of drug-likeness (QED) is 0.516. The Kier molecular flexibility index (Phi) is 36.1. The van der Waals surface area contributed by atoms with E-state index in [1.807, 2.05) is 128 Å². The fourth-order valence-electron chi connectivity index (χ4n) is 0.770. The van der Waals surface area contributed by atoms with Gasteiger partial charge in [-0.1, -0.05) is 114 Å². The molecule has 2 rings (SSSR count). The first-order valence-corrected chi connectivity index (χ1v) is 7.31. The van der Waals surface area contributed by atoms with Crippen LogP contribution < -0.4 is 0 Å². The van der Waals surface area contributed by atoms with E-state index in [4.69, 9.17) is 0 Å². The van der Waals surface area contributed by atoms with E-state index in [1.54, 1.807) is 0 Å². The van der Waals surface area contributed by atoms with Crippen LogP contribution in [0.4, 0.5) is 0 Å². The number of rotatable bonds is 0. The van der Waals surface area contributed by atoms with Crippen LogP contribution in [0, 0.1) is 0 Å². The molecule has 0 heterocycles. The molecule has 0 unspecified atom stereocenters. The highest BCUT2D eigenvalue weighted by Crippen LogP contribution is 1.80. The molecule has 0 atom stereocenters. The van der Waals surface area contributed by atoms with E-state index in [-0.39, 0.29) is 0 Å². The lowest BCUT2D eigenvalue weighted by molar-refractivity contribution is 1.50. The largest absolute Gasteiger partial charge is 0.102 e. The predicted octanol–water partition coefficient (Wildman–Crippen LogP) is 5.97. The Labute approximate surface area is 129 Å². The molecule has 0 bridgehead atoms. The van der Waals surface area contributed by atoms with Gasteiger partial charge in [0.15, 0.2) is 0 Å². The van der Waals surface area contributed by atoms with Crippen molar-refractivity contribution in [1.29, 1.82) is 0 Å². The number of hydrogen-bond donors (Lipinski definition) is 0.